The normalized spacial score (nSPS) is 18.8. The van der Waals surface area contributed by atoms with Crippen molar-refractivity contribution in [2.45, 2.75) is 25.6 Å². The lowest BCUT2D eigenvalue weighted by molar-refractivity contribution is 0.0506. The van der Waals surface area contributed by atoms with Crippen molar-refractivity contribution in [3.63, 3.8) is 0 Å². The van der Waals surface area contributed by atoms with Gasteiger partial charge in [0, 0.05) is 62.6 Å². The van der Waals surface area contributed by atoms with Gasteiger partial charge in [-0.1, -0.05) is 18.2 Å². The van der Waals surface area contributed by atoms with Crippen LogP contribution in [0.4, 0.5) is 0 Å². The minimum absolute atomic E-state index is 0.248. The summed E-state index contributed by atoms with van der Waals surface area (Å²) in [5.74, 6) is 0. The topological polar surface area (TPSA) is 44.5 Å². The summed E-state index contributed by atoms with van der Waals surface area (Å²) in [5.41, 5.74) is 2.41. The summed E-state index contributed by atoms with van der Waals surface area (Å²) in [6, 6.07) is 15.3. The molecule has 0 bridgehead atoms. The molecule has 1 atom stereocenters. The van der Waals surface area contributed by atoms with Gasteiger partial charge in [-0.05, 0) is 41.6 Å². The van der Waals surface area contributed by atoms with E-state index >= 15 is 0 Å². The van der Waals surface area contributed by atoms with Gasteiger partial charge in [0.1, 0.15) is 0 Å². The third kappa shape index (κ3) is 4.65. The molecule has 6 heteroatoms. The Kier molecular flexibility index (Phi) is 5.99. The highest BCUT2D eigenvalue weighted by molar-refractivity contribution is 7.09. The summed E-state index contributed by atoms with van der Waals surface area (Å²) >= 11 is 1.82. The number of hydrogen-bond donors (Lipinski definition) is 1. The van der Waals surface area contributed by atoms with E-state index in [9.17, 15) is 5.11 Å². The van der Waals surface area contributed by atoms with Crippen molar-refractivity contribution in [2.75, 3.05) is 26.2 Å². The second kappa shape index (κ2) is 8.80. The van der Waals surface area contributed by atoms with E-state index in [4.69, 9.17) is 0 Å². The van der Waals surface area contributed by atoms with Crippen LogP contribution in [-0.4, -0.2) is 57.0 Å². The van der Waals surface area contributed by atoms with Crippen LogP contribution in [0.25, 0.3) is 5.69 Å². The van der Waals surface area contributed by atoms with Crippen molar-refractivity contribution in [3.8, 4) is 5.69 Å². The average molecular weight is 383 g/mol. The van der Waals surface area contributed by atoms with Crippen molar-refractivity contribution in [3.05, 3.63) is 70.7 Å². The van der Waals surface area contributed by atoms with Crippen molar-refractivity contribution in [2.24, 2.45) is 0 Å². The second-order valence-electron chi connectivity index (χ2n) is 7.07. The molecule has 1 N–H and O–H groups in total. The molecule has 142 valence electrons. The highest BCUT2D eigenvalue weighted by Crippen LogP contribution is 2.20. The molecule has 5 nitrogen and oxygen atoms in total. The van der Waals surface area contributed by atoms with Gasteiger partial charge >= 0.3 is 0 Å². The van der Waals surface area contributed by atoms with E-state index in [1.807, 2.05) is 28.3 Å². The van der Waals surface area contributed by atoms with Crippen molar-refractivity contribution in [1.29, 1.82) is 0 Å². The zero-order valence-electron chi connectivity index (χ0n) is 15.4. The minimum Gasteiger partial charge on any atom is -0.396 e. The number of aliphatic hydroxyl groups excluding tert-OH is 1. The Hall–Kier alpha value is -1.99. The maximum atomic E-state index is 9.51. The van der Waals surface area contributed by atoms with E-state index in [1.165, 1.54) is 10.4 Å². The van der Waals surface area contributed by atoms with Gasteiger partial charge in [0.2, 0.25) is 0 Å². The van der Waals surface area contributed by atoms with E-state index in [2.05, 4.69) is 56.7 Å². The Morgan fingerprint density at radius 3 is 2.67 bits per heavy atom. The van der Waals surface area contributed by atoms with Crippen LogP contribution in [0.5, 0.6) is 0 Å². The Bertz CT molecular complexity index is 801. The first-order valence-electron chi connectivity index (χ1n) is 9.50. The zero-order valence-corrected chi connectivity index (χ0v) is 16.3. The van der Waals surface area contributed by atoms with Gasteiger partial charge < -0.3 is 5.11 Å². The average Bonchev–Trinajstić information content (AvgIpc) is 3.39. The van der Waals surface area contributed by atoms with Crippen LogP contribution in [0.1, 0.15) is 16.9 Å². The van der Waals surface area contributed by atoms with Gasteiger partial charge in [0.05, 0.1) is 5.69 Å². The molecule has 0 aliphatic carbocycles. The molecule has 0 unspecified atom stereocenters. The van der Waals surface area contributed by atoms with Gasteiger partial charge in [-0.15, -0.1) is 11.3 Å². The third-order valence-electron chi connectivity index (χ3n) is 5.20. The molecule has 27 heavy (non-hydrogen) atoms. The molecule has 3 heterocycles. The maximum absolute atomic E-state index is 9.51. The second-order valence-corrected chi connectivity index (χ2v) is 8.10. The standard InChI is InChI=1S/C21H26N4OS/c26-13-8-20-16-23(11-12-24(20)17-21-3-1-14-27-21)15-18-4-6-19(7-5-18)25-10-2-9-22-25/h1-7,9-10,14,20,26H,8,11-13,15-17H2/t20-/m0/s1. The van der Waals surface area contributed by atoms with Crippen LogP contribution in [0.3, 0.4) is 0 Å². The van der Waals surface area contributed by atoms with Crippen LogP contribution in [-0.2, 0) is 13.1 Å². The lowest BCUT2D eigenvalue weighted by Crippen LogP contribution is -2.52. The number of rotatable bonds is 7. The maximum Gasteiger partial charge on any atom is 0.0645 e. The fourth-order valence-electron chi connectivity index (χ4n) is 3.77. The Labute approximate surface area is 164 Å². The first-order chi connectivity index (χ1) is 13.3. The predicted octanol–water partition coefficient (Wildman–Crippen LogP) is 3.00. The van der Waals surface area contributed by atoms with Gasteiger partial charge in [0.15, 0.2) is 0 Å². The number of thiophene rings is 1. The number of hydrogen-bond acceptors (Lipinski definition) is 5. The van der Waals surface area contributed by atoms with Crippen molar-refractivity contribution < 1.29 is 5.11 Å². The molecule has 2 aromatic heterocycles. The van der Waals surface area contributed by atoms with Gasteiger partial charge in [-0.25, -0.2) is 4.68 Å². The molecule has 0 saturated carbocycles. The van der Waals surface area contributed by atoms with Crippen LogP contribution < -0.4 is 0 Å². The molecule has 1 fully saturated rings. The Morgan fingerprint density at radius 2 is 1.96 bits per heavy atom. The molecular weight excluding hydrogens is 356 g/mol. The summed E-state index contributed by atoms with van der Waals surface area (Å²) in [5, 5.41) is 15.9. The summed E-state index contributed by atoms with van der Waals surface area (Å²) in [7, 11) is 0. The van der Waals surface area contributed by atoms with Gasteiger partial charge in [-0.2, -0.15) is 5.10 Å². The molecule has 1 saturated heterocycles. The molecule has 0 radical (unpaired) electrons. The first-order valence-corrected chi connectivity index (χ1v) is 10.4. The van der Waals surface area contributed by atoms with Crippen LogP contribution >= 0.6 is 11.3 Å². The lowest BCUT2D eigenvalue weighted by atomic mass is 10.1. The van der Waals surface area contributed by atoms with E-state index in [-0.39, 0.29) is 6.61 Å². The first kappa shape index (κ1) is 18.4. The smallest absolute Gasteiger partial charge is 0.0645 e. The molecule has 0 spiro atoms. The molecule has 1 aliphatic heterocycles. The molecule has 4 rings (SSSR count). The Balaban J connectivity index is 1.37. The molecule has 1 aromatic carbocycles. The van der Waals surface area contributed by atoms with Crippen molar-refractivity contribution >= 4 is 11.3 Å². The number of aliphatic hydroxyl groups is 1. The summed E-state index contributed by atoms with van der Waals surface area (Å²) < 4.78 is 1.88. The molecule has 1 aliphatic rings. The lowest BCUT2D eigenvalue weighted by Gasteiger charge is -2.41. The SMILES string of the molecule is OCC[C@H]1CN(Cc2ccc(-n3cccn3)cc2)CCN1Cc1cccs1. The Morgan fingerprint density at radius 1 is 1.07 bits per heavy atom. The highest BCUT2D eigenvalue weighted by Gasteiger charge is 2.26. The highest BCUT2D eigenvalue weighted by atomic mass is 32.1. The third-order valence-corrected chi connectivity index (χ3v) is 6.06. The van der Waals surface area contributed by atoms with E-state index in [0.29, 0.717) is 6.04 Å². The summed E-state index contributed by atoms with van der Waals surface area (Å²) in [6.07, 6.45) is 4.59. The largest absolute Gasteiger partial charge is 0.396 e. The minimum atomic E-state index is 0.248. The van der Waals surface area contributed by atoms with E-state index in [1.54, 1.807) is 6.20 Å². The number of aromatic nitrogens is 2. The quantitative estimate of drug-likeness (QED) is 0.682. The summed E-state index contributed by atoms with van der Waals surface area (Å²) in [4.78, 5) is 6.44. The predicted molar refractivity (Wildman–Crippen MR) is 109 cm³/mol. The number of piperazine rings is 1. The van der Waals surface area contributed by atoms with E-state index < -0.39 is 0 Å². The van der Waals surface area contributed by atoms with Crippen molar-refractivity contribution in [1.82, 2.24) is 19.6 Å². The molecule has 0 amide bonds. The van der Waals surface area contributed by atoms with Crippen LogP contribution in [0.15, 0.2) is 60.2 Å². The van der Waals surface area contributed by atoms with Gasteiger partial charge in [0.25, 0.3) is 0 Å². The van der Waals surface area contributed by atoms with Gasteiger partial charge in [-0.3, -0.25) is 9.80 Å². The van der Waals surface area contributed by atoms with Crippen LogP contribution in [0.2, 0.25) is 0 Å². The fraction of sp³-hybridized carbons (Fsp3) is 0.381. The number of nitrogens with zero attached hydrogens (tertiary/aromatic N) is 4. The monoisotopic (exact) mass is 382 g/mol. The number of benzene rings is 1. The summed E-state index contributed by atoms with van der Waals surface area (Å²) in [6.45, 7) is 5.32. The molecular formula is C21H26N4OS. The molecule has 3 aromatic rings. The zero-order chi connectivity index (χ0) is 18.5. The fourth-order valence-corrected chi connectivity index (χ4v) is 4.50. The van der Waals surface area contributed by atoms with E-state index in [0.717, 1.165) is 44.8 Å². The van der Waals surface area contributed by atoms with Crippen LogP contribution in [0, 0.1) is 0 Å².